The van der Waals surface area contributed by atoms with Gasteiger partial charge in [-0.3, -0.25) is 0 Å². The molecule has 0 amide bonds. The van der Waals surface area contributed by atoms with E-state index in [4.69, 9.17) is 4.74 Å². The van der Waals surface area contributed by atoms with Crippen LogP contribution in [-0.4, -0.2) is 0 Å². The first-order valence-corrected chi connectivity index (χ1v) is 9.87. The average Bonchev–Trinajstić information content (AvgIpc) is 2.70. The molecule has 28 heavy (non-hydrogen) atoms. The first-order valence-electron chi connectivity index (χ1n) is 9.87. The minimum absolute atomic E-state index is 0.539. The van der Waals surface area contributed by atoms with Crippen LogP contribution in [0.3, 0.4) is 0 Å². The number of aromatic nitrogens is 1. The van der Waals surface area contributed by atoms with Crippen molar-refractivity contribution in [3.63, 3.8) is 0 Å². The van der Waals surface area contributed by atoms with Crippen LogP contribution in [0.5, 0.6) is 11.5 Å². The van der Waals surface area contributed by atoms with E-state index in [2.05, 4.69) is 99.2 Å². The second kappa shape index (κ2) is 6.20. The maximum absolute atomic E-state index is 6.39. The first kappa shape index (κ1) is 17.0. The molecule has 138 valence electrons. The highest BCUT2D eigenvalue weighted by molar-refractivity contribution is 6.04. The molecule has 1 aliphatic rings. The number of aryl methyl sites for hydroxylation is 2. The summed E-state index contributed by atoms with van der Waals surface area (Å²) in [5.74, 6) is 2.40. The van der Waals surface area contributed by atoms with Crippen molar-refractivity contribution in [2.24, 2.45) is 7.05 Å². The molecule has 1 aromatic heterocycles. The van der Waals surface area contributed by atoms with E-state index in [-0.39, 0.29) is 0 Å². The lowest BCUT2D eigenvalue weighted by Crippen LogP contribution is -2.32. The highest BCUT2D eigenvalue weighted by Crippen LogP contribution is 2.46. The lowest BCUT2D eigenvalue weighted by Gasteiger charge is -2.21. The molecule has 1 aliphatic heterocycles. The van der Waals surface area contributed by atoms with Crippen molar-refractivity contribution in [1.82, 2.24) is 0 Å². The van der Waals surface area contributed by atoms with Gasteiger partial charge in [0, 0.05) is 17.0 Å². The lowest BCUT2D eigenvalue weighted by molar-refractivity contribution is -0.660. The molecule has 0 spiro atoms. The van der Waals surface area contributed by atoms with Crippen LogP contribution < -0.4 is 9.30 Å². The molecule has 0 saturated carbocycles. The topological polar surface area (TPSA) is 13.1 Å². The molecular weight excluding hydrogens is 342 g/mol. The van der Waals surface area contributed by atoms with Gasteiger partial charge in [0.05, 0.1) is 5.56 Å². The lowest BCUT2D eigenvalue weighted by atomic mass is 9.93. The molecule has 2 heterocycles. The molecule has 0 fully saturated rings. The second-order valence-corrected chi connectivity index (χ2v) is 8.04. The summed E-state index contributed by atoms with van der Waals surface area (Å²) < 4.78 is 8.60. The predicted molar refractivity (Wildman–Crippen MR) is 115 cm³/mol. The molecule has 0 aliphatic carbocycles. The standard InChI is InChI=1S/C26H24NO/c1-16(2)18-10-12-19(13-11-18)21-14-23-26(27(4)15-21)24-17(3)8-9-20-6-5-7-22(28-23)25(20)24/h5-16H,1-4H3/q+1. The Bertz CT molecular complexity index is 1220. The van der Waals surface area contributed by atoms with Crippen LogP contribution in [0.1, 0.15) is 30.9 Å². The fourth-order valence-electron chi connectivity index (χ4n) is 4.25. The largest absolute Gasteiger partial charge is 0.450 e. The molecular formula is C26H24NO+. The Morgan fingerprint density at radius 1 is 0.857 bits per heavy atom. The molecule has 5 rings (SSSR count). The van der Waals surface area contributed by atoms with Gasteiger partial charge >= 0.3 is 0 Å². The molecule has 0 atom stereocenters. The SMILES string of the molecule is Cc1ccc2cccc3c2c1-c1c(cc(-c2ccc(C(C)C)cc2)c[n+]1C)O3. The van der Waals surface area contributed by atoms with Crippen LogP contribution in [0, 0.1) is 6.92 Å². The maximum atomic E-state index is 6.39. The molecule has 2 nitrogen and oxygen atoms in total. The normalized spacial score (nSPS) is 12.2. The third kappa shape index (κ3) is 2.52. The fraction of sp³-hybridized carbons (Fsp3) is 0.192. The van der Waals surface area contributed by atoms with Crippen molar-refractivity contribution in [1.29, 1.82) is 0 Å². The van der Waals surface area contributed by atoms with Crippen LogP contribution in [0.4, 0.5) is 0 Å². The van der Waals surface area contributed by atoms with Crippen molar-refractivity contribution >= 4 is 10.8 Å². The number of hydrogen-bond donors (Lipinski definition) is 0. The Labute approximate surface area is 166 Å². The fourth-order valence-corrected chi connectivity index (χ4v) is 4.25. The van der Waals surface area contributed by atoms with E-state index in [9.17, 15) is 0 Å². The summed E-state index contributed by atoms with van der Waals surface area (Å²) in [5.41, 5.74) is 7.43. The average molecular weight is 366 g/mol. The predicted octanol–water partition coefficient (Wildman–Crippen LogP) is 6.54. The van der Waals surface area contributed by atoms with Crippen molar-refractivity contribution in [2.75, 3.05) is 0 Å². The summed E-state index contributed by atoms with van der Waals surface area (Å²) in [6, 6.07) is 21.7. The van der Waals surface area contributed by atoms with Gasteiger partial charge in [-0.2, -0.15) is 4.57 Å². The number of ether oxygens (including phenoxy) is 1. The van der Waals surface area contributed by atoms with E-state index in [1.807, 2.05) is 0 Å². The third-order valence-electron chi connectivity index (χ3n) is 5.79. The molecule has 4 aromatic rings. The summed E-state index contributed by atoms with van der Waals surface area (Å²) >= 11 is 0. The Balaban J connectivity index is 1.71. The van der Waals surface area contributed by atoms with E-state index in [1.54, 1.807) is 0 Å². The van der Waals surface area contributed by atoms with E-state index in [0.29, 0.717) is 5.92 Å². The monoisotopic (exact) mass is 366 g/mol. The second-order valence-electron chi connectivity index (χ2n) is 8.04. The number of hydrogen-bond acceptors (Lipinski definition) is 1. The van der Waals surface area contributed by atoms with Gasteiger partial charge in [0.25, 0.3) is 5.69 Å². The minimum Gasteiger partial charge on any atom is -0.450 e. The Morgan fingerprint density at radius 2 is 1.64 bits per heavy atom. The van der Waals surface area contributed by atoms with Gasteiger partial charge in [-0.1, -0.05) is 62.4 Å². The number of benzene rings is 3. The van der Waals surface area contributed by atoms with Gasteiger partial charge in [0.1, 0.15) is 12.8 Å². The van der Waals surface area contributed by atoms with Crippen LogP contribution in [0.15, 0.2) is 66.9 Å². The first-order chi connectivity index (χ1) is 13.5. The zero-order chi connectivity index (χ0) is 19.4. The van der Waals surface area contributed by atoms with Crippen molar-refractivity contribution in [3.8, 4) is 33.9 Å². The van der Waals surface area contributed by atoms with E-state index >= 15 is 0 Å². The van der Waals surface area contributed by atoms with Gasteiger partial charge in [-0.05, 0) is 41.0 Å². The van der Waals surface area contributed by atoms with Gasteiger partial charge in [0.2, 0.25) is 0 Å². The zero-order valence-corrected chi connectivity index (χ0v) is 16.8. The van der Waals surface area contributed by atoms with E-state index in [1.165, 1.54) is 38.6 Å². The van der Waals surface area contributed by atoms with Crippen LogP contribution in [0.25, 0.3) is 33.2 Å². The highest BCUT2D eigenvalue weighted by Gasteiger charge is 2.29. The Morgan fingerprint density at radius 3 is 2.39 bits per heavy atom. The Kier molecular flexibility index (Phi) is 3.77. The number of fused-ring (bicyclic) bond motifs is 2. The van der Waals surface area contributed by atoms with Crippen LogP contribution in [0.2, 0.25) is 0 Å². The summed E-state index contributed by atoms with van der Waals surface area (Å²) in [6.45, 7) is 6.63. The minimum atomic E-state index is 0.539. The molecule has 2 heteroatoms. The molecule has 0 saturated heterocycles. The van der Waals surface area contributed by atoms with Crippen LogP contribution >= 0.6 is 0 Å². The molecule has 0 radical (unpaired) electrons. The highest BCUT2D eigenvalue weighted by atomic mass is 16.5. The van der Waals surface area contributed by atoms with E-state index < -0.39 is 0 Å². The molecule has 0 N–H and O–H groups in total. The van der Waals surface area contributed by atoms with Crippen molar-refractivity contribution in [2.45, 2.75) is 26.7 Å². The third-order valence-corrected chi connectivity index (χ3v) is 5.79. The quantitative estimate of drug-likeness (QED) is 0.323. The summed E-state index contributed by atoms with van der Waals surface area (Å²) in [5, 5.41) is 2.43. The van der Waals surface area contributed by atoms with Crippen LogP contribution in [-0.2, 0) is 7.05 Å². The number of nitrogens with zero attached hydrogens (tertiary/aromatic N) is 1. The Hall–Kier alpha value is -3.13. The van der Waals surface area contributed by atoms with Gasteiger partial charge in [0.15, 0.2) is 11.9 Å². The van der Waals surface area contributed by atoms with Crippen molar-refractivity contribution in [3.05, 3.63) is 78.0 Å². The summed E-state index contributed by atoms with van der Waals surface area (Å²) in [7, 11) is 2.11. The van der Waals surface area contributed by atoms with Gasteiger partial charge in [-0.25, -0.2) is 0 Å². The van der Waals surface area contributed by atoms with Gasteiger partial charge < -0.3 is 4.74 Å². The van der Waals surface area contributed by atoms with Gasteiger partial charge in [-0.15, -0.1) is 0 Å². The van der Waals surface area contributed by atoms with E-state index in [0.717, 1.165) is 17.2 Å². The number of pyridine rings is 1. The smallest absolute Gasteiger partial charge is 0.256 e. The maximum Gasteiger partial charge on any atom is 0.256 e. The summed E-state index contributed by atoms with van der Waals surface area (Å²) in [4.78, 5) is 0. The number of rotatable bonds is 2. The molecule has 0 bridgehead atoms. The molecule has 0 unspecified atom stereocenters. The molecule has 3 aromatic carbocycles. The summed E-state index contributed by atoms with van der Waals surface area (Å²) in [6.07, 6.45) is 2.21. The van der Waals surface area contributed by atoms with Crippen molar-refractivity contribution < 1.29 is 9.30 Å². The zero-order valence-electron chi connectivity index (χ0n) is 16.8.